The van der Waals surface area contributed by atoms with Crippen LogP contribution in [0.15, 0.2) is 0 Å². The first-order chi connectivity index (χ1) is 7.58. The molecule has 1 rings (SSSR count). The molecule has 4 nitrogen and oxygen atoms in total. The molecule has 1 atom stereocenters. The highest BCUT2D eigenvalue weighted by atomic mass is 15.1. The first-order valence-corrected chi connectivity index (χ1v) is 6.36. The number of likely N-dealkylation sites (tertiary alicyclic amines) is 1. The van der Waals surface area contributed by atoms with Gasteiger partial charge in [-0.2, -0.15) is 0 Å². The zero-order valence-electron chi connectivity index (χ0n) is 11.1. The first kappa shape index (κ1) is 13.9. The van der Waals surface area contributed by atoms with Gasteiger partial charge in [-0.05, 0) is 53.5 Å². The second kappa shape index (κ2) is 6.55. The van der Waals surface area contributed by atoms with Crippen LogP contribution in [0, 0.1) is 0 Å². The van der Waals surface area contributed by atoms with Crippen LogP contribution in [0.5, 0.6) is 0 Å². The van der Waals surface area contributed by atoms with Crippen molar-refractivity contribution in [3.8, 4) is 0 Å². The van der Waals surface area contributed by atoms with Crippen LogP contribution in [0.25, 0.3) is 0 Å². The number of hydrogen-bond acceptors (Lipinski definition) is 4. The fourth-order valence-electron chi connectivity index (χ4n) is 2.33. The lowest BCUT2D eigenvalue weighted by Crippen LogP contribution is -2.53. The topological polar surface area (TPSA) is 44.5 Å². The van der Waals surface area contributed by atoms with Crippen molar-refractivity contribution in [3.63, 3.8) is 0 Å². The SMILES string of the molecule is CN(C)CCNC1(CN)CCCN(C)CC1. The minimum atomic E-state index is 0.181. The Balaban J connectivity index is 2.42. The summed E-state index contributed by atoms with van der Waals surface area (Å²) in [4.78, 5) is 4.62. The molecule has 0 bridgehead atoms. The molecule has 0 aromatic carbocycles. The second-order valence-corrected chi connectivity index (χ2v) is 5.37. The summed E-state index contributed by atoms with van der Waals surface area (Å²) in [5, 5.41) is 3.68. The molecule has 1 fully saturated rings. The summed E-state index contributed by atoms with van der Waals surface area (Å²) < 4.78 is 0. The largest absolute Gasteiger partial charge is 0.329 e. The Hall–Kier alpha value is -0.160. The van der Waals surface area contributed by atoms with Crippen LogP contribution >= 0.6 is 0 Å². The molecule has 1 heterocycles. The van der Waals surface area contributed by atoms with Gasteiger partial charge in [0.2, 0.25) is 0 Å². The second-order valence-electron chi connectivity index (χ2n) is 5.37. The van der Waals surface area contributed by atoms with Crippen molar-refractivity contribution in [2.75, 3.05) is 53.9 Å². The monoisotopic (exact) mass is 228 g/mol. The van der Waals surface area contributed by atoms with E-state index in [0.29, 0.717) is 0 Å². The maximum Gasteiger partial charge on any atom is 0.0317 e. The van der Waals surface area contributed by atoms with Crippen molar-refractivity contribution in [2.24, 2.45) is 5.73 Å². The van der Waals surface area contributed by atoms with Gasteiger partial charge in [0, 0.05) is 25.2 Å². The molecule has 1 unspecified atom stereocenters. The van der Waals surface area contributed by atoms with Gasteiger partial charge in [-0.25, -0.2) is 0 Å². The number of hydrogen-bond donors (Lipinski definition) is 2. The van der Waals surface area contributed by atoms with Gasteiger partial charge in [-0.3, -0.25) is 0 Å². The standard InChI is InChI=1S/C12H28N4/c1-15(2)10-7-14-12(11-13)5-4-8-16(3)9-6-12/h14H,4-11,13H2,1-3H3. The van der Waals surface area contributed by atoms with E-state index >= 15 is 0 Å². The van der Waals surface area contributed by atoms with Gasteiger partial charge in [0.05, 0.1) is 0 Å². The molecular formula is C12H28N4. The van der Waals surface area contributed by atoms with Crippen LogP contribution in [0.2, 0.25) is 0 Å². The molecule has 1 aliphatic heterocycles. The first-order valence-electron chi connectivity index (χ1n) is 6.36. The Morgan fingerprint density at radius 2 is 2.06 bits per heavy atom. The number of nitrogens with zero attached hydrogens (tertiary/aromatic N) is 2. The lowest BCUT2D eigenvalue weighted by Gasteiger charge is -2.33. The Kier molecular flexibility index (Phi) is 5.69. The van der Waals surface area contributed by atoms with Crippen molar-refractivity contribution < 1.29 is 0 Å². The lowest BCUT2D eigenvalue weighted by molar-refractivity contribution is 0.269. The van der Waals surface area contributed by atoms with Gasteiger partial charge in [0.1, 0.15) is 0 Å². The van der Waals surface area contributed by atoms with Crippen LogP contribution in [0.1, 0.15) is 19.3 Å². The molecule has 0 aliphatic carbocycles. The van der Waals surface area contributed by atoms with E-state index < -0.39 is 0 Å². The fraction of sp³-hybridized carbons (Fsp3) is 1.00. The van der Waals surface area contributed by atoms with Crippen molar-refractivity contribution in [3.05, 3.63) is 0 Å². The number of likely N-dealkylation sites (N-methyl/N-ethyl adjacent to an activating group) is 1. The van der Waals surface area contributed by atoms with Crippen LogP contribution < -0.4 is 11.1 Å². The van der Waals surface area contributed by atoms with E-state index in [9.17, 15) is 0 Å². The Morgan fingerprint density at radius 1 is 1.31 bits per heavy atom. The fourth-order valence-corrected chi connectivity index (χ4v) is 2.33. The molecular weight excluding hydrogens is 200 g/mol. The third kappa shape index (κ3) is 4.37. The Bertz CT molecular complexity index is 195. The average molecular weight is 228 g/mol. The molecule has 0 aromatic rings. The van der Waals surface area contributed by atoms with Gasteiger partial charge in [-0.15, -0.1) is 0 Å². The van der Waals surface area contributed by atoms with Crippen molar-refractivity contribution in [2.45, 2.75) is 24.8 Å². The highest BCUT2D eigenvalue weighted by Crippen LogP contribution is 2.20. The summed E-state index contributed by atoms with van der Waals surface area (Å²) in [5.74, 6) is 0. The van der Waals surface area contributed by atoms with Gasteiger partial charge >= 0.3 is 0 Å². The van der Waals surface area contributed by atoms with E-state index in [4.69, 9.17) is 5.73 Å². The van der Waals surface area contributed by atoms with Crippen molar-refractivity contribution >= 4 is 0 Å². The van der Waals surface area contributed by atoms with E-state index in [0.717, 1.165) is 26.2 Å². The zero-order valence-corrected chi connectivity index (χ0v) is 11.1. The van der Waals surface area contributed by atoms with E-state index in [-0.39, 0.29) is 5.54 Å². The molecule has 3 N–H and O–H groups in total. The van der Waals surface area contributed by atoms with Gasteiger partial charge in [0.25, 0.3) is 0 Å². The van der Waals surface area contributed by atoms with Crippen LogP contribution in [-0.2, 0) is 0 Å². The van der Waals surface area contributed by atoms with E-state index in [1.165, 1.54) is 25.8 Å². The summed E-state index contributed by atoms with van der Waals surface area (Å²) >= 11 is 0. The summed E-state index contributed by atoms with van der Waals surface area (Å²) in [5.41, 5.74) is 6.16. The molecule has 1 aliphatic rings. The smallest absolute Gasteiger partial charge is 0.0317 e. The predicted molar refractivity (Wildman–Crippen MR) is 69.7 cm³/mol. The van der Waals surface area contributed by atoms with Crippen LogP contribution in [-0.4, -0.2) is 69.2 Å². The van der Waals surface area contributed by atoms with E-state index in [2.05, 4.69) is 36.3 Å². The highest BCUT2D eigenvalue weighted by Gasteiger charge is 2.29. The average Bonchev–Trinajstić information content (AvgIpc) is 2.41. The summed E-state index contributed by atoms with van der Waals surface area (Å²) in [6.07, 6.45) is 3.64. The maximum absolute atomic E-state index is 5.98. The van der Waals surface area contributed by atoms with E-state index in [1.54, 1.807) is 0 Å². The van der Waals surface area contributed by atoms with E-state index in [1.807, 2.05) is 0 Å². The minimum absolute atomic E-state index is 0.181. The Labute approximate surface area is 100 Å². The maximum atomic E-state index is 5.98. The number of nitrogens with two attached hydrogens (primary N) is 1. The molecule has 0 saturated carbocycles. The molecule has 0 spiro atoms. The van der Waals surface area contributed by atoms with Crippen molar-refractivity contribution in [1.82, 2.24) is 15.1 Å². The lowest BCUT2D eigenvalue weighted by atomic mass is 9.90. The predicted octanol–water partition coefficient (Wildman–Crippen LogP) is -0.0492. The quantitative estimate of drug-likeness (QED) is 0.692. The molecule has 4 heteroatoms. The number of rotatable bonds is 5. The summed E-state index contributed by atoms with van der Waals surface area (Å²) in [7, 11) is 6.42. The van der Waals surface area contributed by atoms with Crippen molar-refractivity contribution in [1.29, 1.82) is 0 Å². The zero-order chi connectivity index (χ0) is 12.0. The summed E-state index contributed by atoms with van der Waals surface area (Å²) in [6, 6.07) is 0. The Morgan fingerprint density at radius 3 is 2.69 bits per heavy atom. The molecule has 0 amide bonds. The van der Waals surface area contributed by atoms with Crippen LogP contribution in [0.4, 0.5) is 0 Å². The molecule has 96 valence electrons. The third-order valence-electron chi connectivity index (χ3n) is 3.62. The molecule has 0 aromatic heterocycles. The van der Waals surface area contributed by atoms with Gasteiger partial charge < -0.3 is 20.9 Å². The van der Waals surface area contributed by atoms with Crippen LogP contribution in [0.3, 0.4) is 0 Å². The minimum Gasteiger partial charge on any atom is -0.329 e. The molecule has 1 saturated heterocycles. The molecule has 0 radical (unpaired) electrons. The third-order valence-corrected chi connectivity index (χ3v) is 3.62. The number of nitrogens with one attached hydrogen (secondary N) is 1. The normalized spacial score (nSPS) is 28.3. The van der Waals surface area contributed by atoms with Gasteiger partial charge in [-0.1, -0.05) is 0 Å². The highest BCUT2D eigenvalue weighted by molar-refractivity contribution is 4.92. The molecule has 16 heavy (non-hydrogen) atoms. The van der Waals surface area contributed by atoms with Gasteiger partial charge in [0.15, 0.2) is 0 Å². The summed E-state index contributed by atoms with van der Waals surface area (Å²) in [6.45, 7) is 5.24.